The first kappa shape index (κ1) is 55.0. The van der Waals surface area contributed by atoms with Gasteiger partial charge in [0.1, 0.15) is 30.2 Å². The van der Waals surface area contributed by atoms with E-state index in [0.29, 0.717) is 17.5 Å². The standard InChI is InChI=1S/C37H59N13O13S/c38-34(39)42-15-3-6-22(29(54)47-23(7-4-16-43-35(40)41)30(55)48-26(19-64)33(60)61)46-27(51)17-20-8-10-21(11-9-20)18-45-36(62)44-14-2-1-5-24(31(56)57)49-37(63)50-25(32(58)59)12-13-28(52)53/h8-11,22-26,64H,1-7,12-19H2,(H,46,51)(H,47,54)(H,48,55)(H,52,53)(H,56,57)(H,58,59)(H,60,61)(H4,38,39,42)(H4,40,41,43)(H2,44,45,62)(H2,49,50,63)/t22-,23-,24-,25-,26-/m0/s1. The summed E-state index contributed by atoms with van der Waals surface area (Å²) in [6.45, 7) is 0.611. The van der Waals surface area contributed by atoms with Crippen molar-refractivity contribution in [3.63, 3.8) is 0 Å². The number of rotatable bonds is 31. The average molecular weight is 926 g/mol. The molecule has 7 amide bonds. The quantitative estimate of drug-likeness (QED) is 0.0155. The highest BCUT2D eigenvalue weighted by molar-refractivity contribution is 7.80. The number of nitrogens with two attached hydrogens (primary N) is 2. The predicted molar refractivity (Wildman–Crippen MR) is 231 cm³/mol. The van der Waals surface area contributed by atoms with Crippen LogP contribution >= 0.6 is 12.6 Å². The van der Waals surface area contributed by atoms with E-state index < -0.39 is 96.7 Å². The molecule has 0 aliphatic carbocycles. The van der Waals surface area contributed by atoms with Crippen LogP contribution in [0.3, 0.4) is 0 Å². The first-order valence-corrected chi connectivity index (χ1v) is 20.6. The van der Waals surface area contributed by atoms with E-state index in [-0.39, 0.29) is 88.8 Å². The Morgan fingerprint density at radius 1 is 0.531 bits per heavy atom. The van der Waals surface area contributed by atoms with Crippen molar-refractivity contribution in [2.24, 2.45) is 11.5 Å². The van der Waals surface area contributed by atoms with Crippen LogP contribution in [0.25, 0.3) is 0 Å². The lowest BCUT2D eigenvalue weighted by Gasteiger charge is -2.24. The van der Waals surface area contributed by atoms with Crippen molar-refractivity contribution in [2.75, 3.05) is 25.4 Å². The van der Waals surface area contributed by atoms with Gasteiger partial charge in [-0.05, 0) is 62.5 Å². The minimum absolute atomic E-state index is 0.0172. The molecule has 0 bridgehead atoms. The molecule has 0 fully saturated rings. The number of thiol groups is 1. The van der Waals surface area contributed by atoms with Crippen molar-refractivity contribution >= 4 is 78.2 Å². The second-order valence-electron chi connectivity index (χ2n) is 14.2. The summed E-state index contributed by atoms with van der Waals surface area (Å²) in [5.41, 5.74) is 11.9. The van der Waals surface area contributed by atoms with Gasteiger partial charge in [0, 0.05) is 38.4 Å². The molecule has 0 spiro atoms. The van der Waals surface area contributed by atoms with Gasteiger partial charge in [-0.15, -0.1) is 0 Å². The second-order valence-corrected chi connectivity index (χ2v) is 14.5. The molecule has 356 valence electrons. The number of nitrogens with one attached hydrogen (secondary N) is 11. The number of urea groups is 2. The first-order chi connectivity index (χ1) is 30.2. The molecular weight excluding hydrogens is 867 g/mol. The topological polar surface area (TPSA) is 443 Å². The highest BCUT2D eigenvalue weighted by atomic mass is 32.1. The zero-order valence-electron chi connectivity index (χ0n) is 34.9. The van der Waals surface area contributed by atoms with Crippen molar-refractivity contribution < 1.29 is 63.6 Å². The number of carboxylic acid groups (broad SMARTS) is 4. The van der Waals surface area contributed by atoms with Crippen molar-refractivity contribution in [1.82, 2.24) is 47.9 Å². The molecule has 27 heteroatoms. The molecule has 0 saturated heterocycles. The smallest absolute Gasteiger partial charge is 0.327 e. The third-order valence-electron chi connectivity index (χ3n) is 8.95. The van der Waals surface area contributed by atoms with Crippen LogP contribution in [-0.4, -0.2) is 142 Å². The summed E-state index contributed by atoms with van der Waals surface area (Å²) in [6.07, 6.45) is 0.0283. The Kier molecular flexibility index (Phi) is 25.8. The molecule has 1 rings (SSSR count). The highest BCUT2D eigenvalue weighted by Crippen LogP contribution is 2.08. The van der Waals surface area contributed by atoms with Crippen LogP contribution in [0.1, 0.15) is 68.9 Å². The van der Waals surface area contributed by atoms with Gasteiger partial charge in [-0.25, -0.2) is 24.0 Å². The van der Waals surface area contributed by atoms with E-state index in [0.717, 1.165) is 0 Å². The average Bonchev–Trinajstić information content (AvgIpc) is 3.21. The summed E-state index contributed by atoms with van der Waals surface area (Å²) in [4.78, 5) is 109. The number of carboxylic acids is 4. The predicted octanol–water partition coefficient (Wildman–Crippen LogP) is -2.74. The number of guanidine groups is 2. The summed E-state index contributed by atoms with van der Waals surface area (Å²) in [5.74, 6) is -8.39. The van der Waals surface area contributed by atoms with Crippen LogP contribution in [0, 0.1) is 10.8 Å². The molecule has 0 aliphatic rings. The Hall–Kier alpha value is -7.06. The monoisotopic (exact) mass is 925 g/mol. The molecule has 0 aliphatic heterocycles. The number of carbonyl (C=O) groups is 9. The Labute approximate surface area is 373 Å². The van der Waals surface area contributed by atoms with Crippen LogP contribution in [0.5, 0.6) is 0 Å². The Bertz CT molecular complexity index is 1790. The van der Waals surface area contributed by atoms with Crippen molar-refractivity contribution in [3.05, 3.63) is 35.4 Å². The van der Waals surface area contributed by atoms with Crippen LogP contribution < -0.4 is 59.3 Å². The van der Waals surface area contributed by atoms with Gasteiger partial charge in [0.2, 0.25) is 17.7 Å². The van der Waals surface area contributed by atoms with Crippen molar-refractivity contribution in [3.8, 4) is 0 Å². The summed E-state index contributed by atoms with van der Waals surface area (Å²) in [6, 6.07) is -1.66. The van der Waals surface area contributed by atoms with Crippen LogP contribution in [0.4, 0.5) is 9.59 Å². The summed E-state index contributed by atoms with van der Waals surface area (Å²) >= 11 is 3.95. The Morgan fingerprint density at radius 2 is 0.984 bits per heavy atom. The number of hydrogen-bond acceptors (Lipinski definition) is 12. The van der Waals surface area contributed by atoms with Crippen LogP contribution in [0.2, 0.25) is 0 Å². The van der Waals surface area contributed by atoms with Gasteiger partial charge < -0.3 is 79.7 Å². The lowest BCUT2D eigenvalue weighted by Crippen LogP contribution is -2.56. The molecule has 0 aromatic heterocycles. The van der Waals surface area contributed by atoms with Crippen molar-refractivity contribution in [1.29, 1.82) is 10.8 Å². The van der Waals surface area contributed by atoms with Crippen LogP contribution in [-0.2, 0) is 46.5 Å². The summed E-state index contributed by atoms with van der Waals surface area (Å²) in [7, 11) is 0. The van der Waals surface area contributed by atoms with Gasteiger partial charge in [0.15, 0.2) is 11.9 Å². The molecule has 0 heterocycles. The number of amides is 7. The SMILES string of the molecule is N=C(N)NCCC[C@H](NC(=O)Cc1ccc(CNC(=O)NCCCC[C@H](NC(=O)N[C@@H](CCC(=O)O)C(=O)O)C(=O)O)cc1)C(=O)N[C@@H](CCCNC(=N)N)C(=O)N[C@@H](CS)C(=O)O. The fourth-order valence-electron chi connectivity index (χ4n) is 5.59. The zero-order valence-corrected chi connectivity index (χ0v) is 35.8. The molecule has 0 saturated carbocycles. The zero-order chi connectivity index (χ0) is 48.2. The largest absolute Gasteiger partial charge is 0.481 e. The maximum atomic E-state index is 13.5. The molecule has 19 N–H and O–H groups in total. The molecule has 0 unspecified atom stereocenters. The van der Waals surface area contributed by atoms with Gasteiger partial charge in [-0.2, -0.15) is 12.6 Å². The van der Waals surface area contributed by atoms with Gasteiger partial charge in [0.05, 0.1) is 6.42 Å². The van der Waals surface area contributed by atoms with Gasteiger partial charge >= 0.3 is 35.9 Å². The van der Waals surface area contributed by atoms with Gasteiger partial charge in [0.25, 0.3) is 0 Å². The first-order valence-electron chi connectivity index (χ1n) is 20.0. The lowest BCUT2D eigenvalue weighted by molar-refractivity contribution is -0.142. The van der Waals surface area contributed by atoms with E-state index in [4.69, 9.17) is 27.4 Å². The van der Waals surface area contributed by atoms with E-state index in [1.54, 1.807) is 24.3 Å². The molecular formula is C37H59N13O13S. The lowest BCUT2D eigenvalue weighted by atomic mass is 10.1. The minimum atomic E-state index is -1.54. The molecule has 1 aromatic carbocycles. The highest BCUT2D eigenvalue weighted by Gasteiger charge is 2.29. The minimum Gasteiger partial charge on any atom is -0.481 e. The van der Waals surface area contributed by atoms with E-state index in [9.17, 15) is 58.5 Å². The number of aliphatic carboxylic acids is 4. The number of carbonyl (C=O) groups excluding carboxylic acids is 5. The summed E-state index contributed by atoms with van der Waals surface area (Å²) in [5, 5.41) is 73.6. The van der Waals surface area contributed by atoms with E-state index in [2.05, 4.69) is 55.2 Å². The Morgan fingerprint density at radius 3 is 1.47 bits per heavy atom. The molecule has 26 nitrogen and oxygen atoms in total. The molecule has 0 radical (unpaired) electrons. The fourth-order valence-corrected chi connectivity index (χ4v) is 5.84. The third kappa shape index (κ3) is 24.4. The normalized spacial score (nSPS) is 12.9. The maximum absolute atomic E-state index is 13.5. The van der Waals surface area contributed by atoms with E-state index >= 15 is 0 Å². The fraction of sp³-hybridized carbons (Fsp3) is 0.541. The van der Waals surface area contributed by atoms with Gasteiger partial charge in [-0.3, -0.25) is 30.0 Å². The Balaban J connectivity index is 2.75. The summed E-state index contributed by atoms with van der Waals surface area (Å²) < 4.78 is 0. The molecule has 5 atom stereocenters. The van der Waals surface area contributed by atoms with Gasteiger partial charge in [-0.1, -0.05) is 24.3 Å². The van der Waals surface area contributed by atoms with Crippen molar-refractivity contribution in [2.45, 2.75) is 101 Å². The van der Waals surface area contributed by atoms with E-state index in [1.807, 2.05) is 5.32 Å². The number of hydrogen-bond donors (Lipinski definition) is 18. The van der Waals surface area contributed by atoms with Crippen LogP contribution in [0.15, 0.2) is 24.3 Å². The second kappa shape index (κ2) is 30.1. The molecule has 1 aromatic rings. The molecule has 64 heavy (non-hydrogen) atoms. The maximum Gasteiger partial charge on any atom is 0.327 e. The van der Waals surface area contributed by atoms with E-state index in [1.165, 1.54) is 0 Å². The number of benzene rings is 1. The third-order valence-corrected chi connectivity index (χ3v) is 9.32. The number of unbranched alkanes of at least 4 members (excludes halogenated alkanes) is 1.